The van der Waals surface area contributed by atoms with Crippen LogP contribution in [0.2, 0.25) is 0 Å². The Morgan fingerprint density at radius 3 is 2.52 bits per heavy atom. The van der Waals surface area contributed by atoms with E-state index in [0.29, 0.717) is 13.2 Å². The van der Waals surface area contributed by atoms with Gasteiger partial charge < -0.3 is 14.8 Å². The first-order valence-electron chi connectivity index (χ1n) is 8.95. The number of hydrogen-bond donors (Lipinski definition) is 1. The number of benzene rings is 1. The van der Waals surface area contributed by atoms with Crippen LogP contribution >= 0.6 is 0 Å². The van der Waals surface area contributed by atoms with Crippen molar-refractivity contribution >= 4 is 5.91 Å². The molecule has 1 amide bonds. The number of fused-ring (bicyclic) bond motifs is 1. The van der Waals surface area contributed by atoms with Crippen molar-refractivity contribution in [3.63, 3.8) is 0 Å². The van der Waals surface area contributed by atoms with E-state index in [0.717, 1.165) is 43.7 Å². The van der Waals surface area contributed by atoms with Crippen LogP contribution in [0.4, 0.5) is 0 Å². The lowest BCUT2D eigenvalue weighted by Gasteiger charge is -2.33. The van der Waals surface area contributed by atoms with Gasteiger partial charge in [0.15, 0.2) is 11.5 Å². The Bertz CT molecular complexity index is 588. The van der Waals surface area contributed by atoms with Crippen molar-refractivity contribution in [3.8, 4) is 11.5 Å². The molecule has 124 valence electrons. The molecule has 1 aromatic rings. The highest BCUT2D eigenvalue weighted by Crippen LogP contribution is 2.44. The van der Waals surface area contributed by atoms with Gasteiger partial charge in [0.1, 0.15) is 13.2 Å². The van der Waals surface area contributed by atoms with E-state index in [2.05, 4.69) is 17.4 Å². The molecule has 4 nitrogen and oxygen atoms in total. The molecule has 1 heterocycles. The van der Waals surface area contributed by atoms with Crippen LogP contribution in [0.5, 0.6) is 11.5 Å². The molecule has 0 spiro atoms. The number of ether oxygens (including phenoxy) is 2. The van der Waals surface area contributed by atoms with Crippen LogP contribution in [0.1, 0.15) is 50.5 Å². The van der Waals surface area contributed by atoms with Crippen LogP contribution in [0, 0.1) is 5.92 Å². The Balaban J connectivity index is 1.53. The van der Waals surface area contributed by atoms with Crippen LogP contribution in [-0.4, -0.2) is 25.7 Å². The van der Waals surface area contributed by atoms with Crippen molar-refractivity contribution in [2.75, 3.05) is 19.8 Å². The van der Waals surface area contributed by atoms with Crippen molar-refractivity contribution in [1.29, 1.82) is 0 Å². The maximum absolute atomic E-state index is 12.2. The van der Waals surface area contributed by atoms with E-state index >= 15 is 0 Å². The Kier molecular flexibility index (Phi) is 3.92. The Hall–Kier alpha value is -1.71. The summed E-state index contributed by atoms with van der Waals surface area (Å²) in [6.45, 7) is 1.98. The predicted molar refractivity (Wildman–Crippen MR) is 87.9 cm³/mol. The fourth-order valence-corrected chi connectivity index (χ4v) is 4.06. The fraction of sp³-hybridized carbons (Fsp3) is 0.632. The zero-order valence-electron chi connectivity index (χ0n) is 13.6. The van der Waals surface area contributed by atoms with E-state index in [-0.39, 0.29) is 17.2 Å². The molecule has 1 aromatic carbocycles. The van der Waals surface area contributed by atoms with Crippen molar-refractivity contribution in [1.82, 2.24) is 5.32 Å². The minimum atomic E-state index is 0.0647. The maximum atomic E-state index is 12.2. The van der Waals surface area contributed by atoms with Gasteiger partial charge in [-0.1, -0.05) is 25.3 Å². The quantitative estimate of drug-likeness (QED) is 0.928. The summed E-state index contributed by atoms with van der Waals surface area (Å²) in [5.41, 5.74) is 1.35. The van der Waals surface area contributed by atoms with E-state index in [4.69, 9.17) is 9.47 Å². The van der Waals surface area contributed by atoms with E-state index in [9.17, 15) is 4.79 Å². The standard InChI is InChI=1S/C19H25NO3/c21-18(14-4-3-5-14)20-13-19(8-1-2-9-19)15-6-7-16-17(12-15)23-11-10-22-16/h6-7,12,14H,1-5,8-11,13H2,(H,20,21). The summed E-state index contributed by atoms with van der Waals surface area (Å²) >= 11 is 0. The van der Waals surface area contributed by atoms with Gasteiger partial charge in [0, 0.05) is 17.9 Å². The molecule has 2 aliphatic carbocycles. The minimum absolute atomic E-state index is 0.0647. The number of carbonyl (C=O) groups excluding carboxylic acids is 1. The second kappa shape index (κ2) is 6.06. The summed E-state index contributed by atoms with van der Waals surface area (Å²) in [4.78, 5) is 12.2. The van der Waals surface area contributed by atoms with Crippen LogP contribution in [-0.2, 0) is 10.2 Å². The predicted octanol–water partition coefficient (Wildman–Crippen LogP) is 3.19. The second-order valence-corrected chi connectivity index (χ2v) is 7.19. The third-order valence-corrected chi connectivity index (χ3v) is 5.79. The Morgan fingerprint density at radius 1 is 1.09 bits per heavy atom. The Labute approximate surface area is 137 Å². The van der Waals surface area contributed by atoms with Gasteiger partial charge in [-0.05, 0) is 43.4 Å². The monoisotopic (exact) mass is 315 g/mol. The molecule has 0 saturated heterocycles. The third kappa shape index (κ3) is 2.79. The molecule has 0 unspecified atom stereocenters. The molecule has 0 bridgehead atoms. The number of nitrogens with one attached hydrogen (secondary N) is 1. The largest absolute Gasteiger partial charge is 0.486 e. The first-order chi connectivity index (χ1) is 11.3. The van der Waals surface area contributed by atoms with Gasteiger partial charge in [0.2, 0.25) is 5.91 Å². The Morgan fingerprint density at radius 2 is 1.83 bits per heavy atom. The zero-order chi connectivity index (χ0) is 15.7. The molecule has 2 fully saturated rings. The number of carbonyl (C=O) groups is 1. The highest BCUT2D eigenvalue weighted by Gasteiger charge is 2.37. The van der Waals surface area contributed by atoms with Gasteiger partial charge >= 0.3 is 0 Å². The lowest BCUT2D eigenvalue weighted by molar-refractivity contribution is -0.127. The molecular formula is C19H25NO3. The SMILES string of the molecule is O=C(NCC1(c2ccc3c(c2)OCCO3)CCCC1)C1CCC1. The molecule has 1 aliphatic heterocycles. The van der Waals surface area contributed by atoms with Crippen molar-refractivity contribution in [3.05, 3.63) is 23.8 Å². The van der Waals surface area contributed by atoms with Crippen LogP contribution < -0.4 is 14.8 Å². The summed E-state index contributed by atoms with van der Waals surface area (Å²) in [6, 6.07) is 6.32. The van der Waals surface area contributed by atoms with E-state index in [1.165, 1.54) is 24.8 Å². The normalized spacial score (nSPS) is 22.4. The zero-order valence-corrected chi connectivity index (χ0v) is 13.6. The molecule has 1 N–H and O–H groups in total. The van der Waals surface area contributed by atoms with Gasteiger partial charge in [0.25, 0.3) is 0 Å². The molecule has 0 aromatic heterocycles. The summed E-state index contributed by atoms with van der Waals surface area (Å²) < 4.78 is 11.4. The minimum Gasteiger partial charge on any atom is -0.486 e. The van der Waals surface area contributed by atoms with Crippen molar-refractivity contribution < 1.29 is 14.3 Å². The van der Waals surface area contributed by atoms with Crippen molar-refractivity contribution in [2.24, 2.45) is 5.92 Å². The number of rotatable bonds is 4. The topological polar surface area (TPSA) is 47.6 Å². The molecule has 0 atom stereocenters. The lowest BCUT2D eigenvalue weighted by Crippen LogP contribution is -2.43. The molecule has 3 aliphatic rings. The highest BCUT2D eigenvalue weighted by atomic mass is 16.6. The summed E-state index contributed by atoms with van der Waals surface area (Å²) in [5, 5.41) is 3.23. The van der Waals surface area contributed by atoms with Gasteiger partial charge in [-0.3, -0.25) is 4.79 Å². The van der Waals surface area contributed by atoms with E-state index in [1.54, 1.807) is 0 Å². The fourth-order valence-electron chi connectivity index (χ4n) is 4.06. The molecule has 23 heavy (non-hydrogen) atoms. The summed E-state index contributed by atoms with van der Waals surface area (Å²) in [6.07, 6.45) is 8.05. The van der Waals surface area contributed by atoms with Gasteiger partial charge in [-0.15, -0.1) is 0 Å². The van der Waals surface area contributed by atoms with Gasteiger partial charge in [-0.2, -0.15) is 0 Å². The van der Waals surface area contributed by atoms with Gasteiger partial charge in [-0.25, -0.2) is 0 Å². The number of hydrogen-bond acceptors (Lipinski definition) is 3. The third-order valence-electron chi connectivity index (χ3n) is 5.79. The smallest absolute Gasteiger partial charge is 0.223 e. The molecule has 2 saturated carbocycles. The maximum Gasteiger partial charge on any atom is 0.223 e. The van der Waals surface area contributed by atoms with E-state index < -0.39 is 0 Å². The first kappa shape index (κ1) is 14.9. The molecular weight excluding hydrogens is 290 g/mol. The molecule has 4 heteroatoms. The number of amides is 1. The highest BCUT2D eigenvalue weighted by molar-refractivity contribution is 5.79. The van der Waals surface area contributed by atoms with Crippen molar-refractivity contribution in [2.45, 2.75) is 50.4 Å². The average Bonchev–Trinajstić information content (AvgIpc) is 3.01. The van der Waals surface area contributed by atoms with Crippen LogP contribution in [0.15, 0.2) is 18.2 Å². The van der Waals surface area contributed by atoms with Crippen LogP contribution in [0.25, 0.3) is 0 Å². The molecule has 0 radical (unpaired) electrons. The van der Waals surface area contributed by atoms with E-state index in [1.807, 2.05) is 6.07 Å². The van der Waals surface area contributed by atoms with Gasteiger partial charge in [0.05, 0.1) is 0 Å². The lowest BCUT2D eigenvalue weighted by atomic mass is 9.78. The average molecular weight is 315 g/mol. The molecule has 4 rings (SSSR count). The summed E-state index contributed by atoms with van der Waals surface area (Å²) in [5.74, 6) is 2.20. The van der Waals surface area contributed by atoms with Crippen LogP contribution in [0.3, 0.4) is 0 Å². The summed E-state index contributed by atoms with van der Waals surface area (Å²) in [7, 11) is 0. The first-order valence-corrected chi connectivity index (χ1v) is 8.95. The second-order valence-electron chi connectivity index (χ2n) is 7.19.